The van der Waals surface area contributed by atoms with Gasteiger partial charge in [0, 0.05) is 37.3 Å². The Morgan fingerprint density at radius 1 is 1.36 bits per heavy atom. The van der Waals surface area contributed by atoms with Crippen molar-refractivity contribution in [2.75, 3.05) is 19.6 Å². The molecule has 5 heteroatoms. The monoisotopic (exact) mass is 317 g/mol. The lowest BCUT2D eigenvalue weighted by Gasteiger charge is -2.36. The van der Waals surface area contributed by atoms with Crippen molar-refractivity contribution in [3.8, 4) is 5.75 Å². The van der Waals surface area contributed by atoms with E-state index in [-0.39, 0.29) is 6.10 Å². The van der Waals surface area contributed by atoms with E-state index in [1.54, 1.807) is 11.3 Å². The maximum absolute atomic E-state index is 5.73. The number of benzene rings is 1. The lowest BCUT2D eigenvalue weighted by atomic mass is 10.0. The molecule has 0 saturated carbocycles. The Balaban J connectivity index is 1.72. The molecule has 1 atom stereocenters. The predicted octanol–water partition coefficient (Wildman–Crippen LogP) is 3.08. The molecular formula is C17H23N3OS. The van der Waals surface area contributed by atoms with E-state index in [1.807, 2.05) is 11.6 Å². The van der Waals surface area contributed by atoms with Crippen LogP contribution in [0.4, 0.5) is 0 Å². The van der Waals surface area contributed by atoms with Gasteiger partial charge < -0.3 is 10.1 Å². The lowest BCUT2D eigenvalue weighted by molar-refractivity contribution is 0.153. The fourth-order valence-corrected chi connectivity index (χ4v) is 3.45. The average Bonchev–Trinajstić information content (AvgIpc) is 3.01. The Morgan fingerprint density at radius 2 is 2.18 bits per heavy atom. The highest BCUT2D eigenvalue weighted by atomic mass is 32.1. The van der Waals surface area contributed by atoms with Gasteiger partial charge in [-0.05, 0) is 31.5 Å². The summed E-state index contributed by atoms with van der Waals surface area (Å²) >= 11 is 1.73. The number of ether oxygens (including phenoxy) is 1. The summed E-state index contributed by atoms with van der Waals surface area (Å²) in [6.07, 6.45) is 2.10. The summed E-state index contributed by atoms with van der Waals surface area (Å²) in [6.45, 7) is 8.10. The number of nitrogens with one attached hydrogen (secondary N) is 1. The topological polar surface area (TPSA) is 37.4 Å². The van der Waals surface area contributed by atoms with Crippen LogP contribution in [0, 0.1) is 0 Å². The van der Waals surface area contributed by atoms with Gasteiger partial charge in [-0.3, -0.25) is 4.90 Å². The highest BCUT2D eigenvalue weighted by molar-refractivity contribution is 7.09. The molecule has 0 aliphatic carbocycles. The third-order valence-electron chi connectivity index (χ3n) is 3.81. The molecule has 1 unspecified atom stereocenters. The Labute approximate surface area is 136 Å². The maximum Gasteiger partial charge on any atom is 0.119 e. The summed E-state index contributed by atoms with van der Waals surface area (Å²) in [6, 6.07) is 8.91. The zero-order valence-corrected chi connectivity index (χ0v) is 14.0. The smallest absolute Gasteiger partial charge is 0.119 e. The van der Waals surface area contributed by atoms with E-state index in [2.05, 4.69) is 53.3 Å². The molecule has 1 aliphatic heterocycles. The van der Waals surface area contributed by atoms with E-state index in [1.165, 1.54) is 10.6 Å². The number of rotatable bonds is 5. The fourth-order valence-electron chi connectivity index (χ4n) is 2.81. The molecule has 4 nitrogen and oxygen atoms in total. The first-order valence-corrected chi connectivity index (χ1v) is 8.70. The molecule has 1 N–H and O–H groups in total. The van der Waals surface area contributed by atoms with Crippen LogP contribution in [-0.2, 0) is 6.54 Å². The summed E-state index contributed by atoms with van der Waals surface area (Å²) < 4.78 is 5.73. The molecule has 0 spiro atoms. The summed E-state index contributed by atoms with van der Waals surface area (Å²) in [5.74, 6) is 0.939. The van der Waals surface area contributed by atoms with Gasteiger partial charge in [-0.2, -0.15) is 0 Å². The van der Waals surface area contributed by atoms with E-state index < -0.39 is 0 Å². The van der Waals surface area contributed by atoms with Crippen molar-refractivity contribution in [2.24, 2.45) is 0 Å². The summed E-state index contributed by atoms with van der Waals surface area (Å²) in [5, 5.41) is 6.73. The number of hydrogen-bond donors (Lipinski definition) is 1. The molecular weight excluding hydrogens is 294 g/mol. The Kier molecular flexibility index (Phi) is 5.08. The fraction of sp³-hybridized carbons (Fsp3) is 0.471. The van der Waals surface area contributed by atoms with Gasteiger partial charge in [0.05, 0.1) is 12.6 Å². The lowest BCUT2D eigenvalue weighted by Crippen LogP contribution is -2.45. The third-order valence-corrected chi connectivity index (χ3v) is 4.58. The number of hydrogen-bond acceptors (Lipinski definition) is 5. The Morgan fingerprint density at radius 3 is 2.86 bits per heavy atom. The third kappa shape index (κ3) is 3.85. The molecule has 2 heterocycles. The standard InChI is InChI=1S/C17H23N3OS/c1-13(2)21-15-5-3-14(4-6-15)16-11-18-7-9-20(16)12-17-19-8-10-22-17/h3-6,8,10,13,16,18H,7,9,11-12H2,1-2H3. The van der Waals surface area contributed by atoms with Crippen LogP contribution in [0.15, 0.2) is 35.8 Å². The maximum atomic E-state index is 5.73. The molecule has 0 bridgehead atoms. The molecule has 118 valence electrons. The first kappa shape index (κ1) is 15.5. The molecule has 1 aromatic carbocycles. The van der Waals surface area contributed by atoms with Crippen LogP contribution in [0.25, 0.3) is 0 Å². The van der Waals surface area contributed by atoms with Crippen LogP contribution in [0.1, 0.15) is 30.5 Å². The van der Waals surface area contributed by atoms with E-state index in [0.29, 0.717) is 6.04 Å². The average molecular weight is 317 g/mol. The molecule has 1 aromatic heterocycles. The van der Waals surface area contributed by atoms with Crippen LogP contribution >= 0.6 is 11.3 Å². The number of aromatic nitrogens is 1. The minimum Gasteiger partial charge on any atom is -0.491 e. The molecule has 1 aliphatic rings. The van der Waals surface area contributed by atoms with Gasteiger partial charge in [-0.15, -0.1) is 11.3 Å². The molecule has 0 radical (unpaired) electrons. The second-order valence-corrected chi connectivity index (χ2v) is 6.83. The first-order chi connectivity index (χ1) is 10.7. The zero-order valence-electron chi connectivity index (χ0n) is 13.2. The van der Waals surface area contributed by atoms with E-state index in [4.69, 9.17) is 4.74 Å². The van der Waals surface area contributed by atoms with E-state index in [9.17, 15) is 0 Å². The van der Waals surface area contributed by atoms with Gasteiger partial charge in [0.25, 0.3) is 0 Å². The number of nitrogens with zero attached hydrogens (tertiary/aromatic N) is 2. The molecule has 2 aromatic rings. The van der Waals surface area contributed by atoms with Crippen LogP contribution in [0.3, 0.4) is 0 Å². The highest BCUT2D eigenvalue weighted by Gasteiger charge is 2.24. The molecule has 1 saturated heterocycles. The molecule has 0 amide bonds. The zero-order chi connectivity index (χ0) is 15.4. The van der Waals surface area contributed by atoms with Gasteiger partial charge in [0.2, 0.25) is 0 Å². The van der Waals surface area contributed by atoms with E-state index >= 15 is 0 Å². The van der Waals surface area contributed by atoms with Crippen LogP contribution < -0.4 is 10.1 Å². The van der Waals surface area contributed by atoms with Gasteiger partial charge in [0.15, 0.2) is 0 Å². The van der Waals surface area contributed by atoms with Gasteiger partial charge in [-0.25, -0.2) is 4.98 Å². The highest BCUT2D eigenvalue weighted by Crippen LogP contribution is 2.26. The van der Waals surface area contributed by atoms with Crippen molar-refractivity contribution in [3.63, 3.8) is 0 Å². The Hall–Kier alpha value is -1.43. The quantitative estimate of drug-likeness (QED) is 0.919. The van der Waals surface area contributed by atoms with Crippen molar-refractivity contribution >= 4 is 11.3 Å². The minimum absolute atomic E-state index is 0.212. The summed E-state index contributed by atoms with van der Waals surface area (Å²) in [5.41, 5.74) is 1.33. The second-order valence-electron chi connectivity index (χ2n) is 5.85. The summed E-state index contributed by atoms with van der Waals surface area (Å²) in [7, 11) is 0. The SMILES string of the molecule is CC(C)Oc1ccc(C2CNCCN2Cc2nccs2)cc1. The largest absolute Gasteiger partial charge is 0.491 e. The van der Waals surface area contributed by atoms with Crippen molar-refractivity contribution in [2.45, 2.75) is 32.5 Å². The Bertz CT molecular complexity index is 568. The van der Waals surface area contributed by atoms with Crippen LogP contribution in [0.5, 0.6) is 5.75 Å². The van der Waals surface area contributed by atoms with Gasteiger partial charge in [-0.1, -0.05) is 12.1 Å². The number of thiazole rings is 1. The van der Waals surface area contributed by atoms with Crippen molar-refractivity contribution < 1.29 is 4.74 Å². The number of piperazine rings is 1. The molecule has 22 heavy (non-hydrogen) atoms. The van der Waals surface area contributed by atoms with Crippen molar-refractivity contribution in [1.82, 2.24) is 15.2 Å². The first-order valence-electron chi connectivity index (χ1n) is 7.82. The molecule has 3 rings (SSSR count). The normalized spacial score (nSPS) is 19.5. The van der Waals surface area contributed by atoms with Crippen molar-refractivity contribution in [1.29, 1.82) is 0 Å². The van der Waals surface area contributed by atoms with Crippen molar-refractivity contribution in [3.05, 3.63) is 46.4 Å². The van der Waals surface area contributed by atoms with Gasteiger partial charge in [0.1, 0.15) is 10.8 Å². The summed E-state index contributed by atoms with van der Waals surface area (Å²) in [4.78, 5) is 6.93. The van der Waals surface area contributed by atoms with Crippen LogP contribution in [0.2, 0.25) is 0 Å². The predicted molar refractivity (Wildman–Crippen MR) is 90.3 cm³/mol. The molecule has 1 fully saturated rings. The van der Waals surface area contributed by atoms with Gasteiger partial charge >= 0.3 is 0 Å². The minimum atomic E-state index is 0.212. The second kappa shape index (κ2) is 7.22. The van der Waals surface area contributed by atoms with Crippen LogP contribution in [-0.4, -0.2) is 35.6 Å². The van der Waals surface area contributed by atoms with E-state index in [0.717, 1.165) is 31.9 Å².